The van der Waals surface area contributed by atoms with Crippen molar-refractivity contribution < 1.29 is 19.1 Å². The minimum atomic E-state index is -0.992. The van der Waals surface area contributed by atoms with E-state index in [4.69, 9.17) is 15.2 Å². The highest BCUT2D eigenvalue weighted by atomic mass is 32.1. The Kier molecular flexibility index (Phi) is 4.96. The second-order valence-electron chi connectivity index (χ2n) is 4.86. The average Bonchev–Trinajstić information content (AvgIpc) is 2.75. The summed E-state index contributed by atoms with van der Waals surface area (Å²) in [7, 11) is 0. The van der Waals surface area contributed by atoms with Crippen molar-refractivity contribution in [3.05, 3.63) is 10.0 Å². The number of carbonyl (C=O) groups excluding carboxylic acids is 2. The number of carbonyl (C=O) groups is 2. The summed E-state index contributed by atoms with van der Waals surface area (Å²) in [6.45, 7) is 7.24. The van der Waals surface area contributed by atoms with E-state index in [1.807, 2.05) is 0 Å². The van der Waals surface area contributed by atoms with Crippen LogP contribution in [0, 0.1) is 0 Å². The van der Waals surface area contributed by atoms with Gasteiger partial charge in [0.1, 0.15) is 10.6 Å². The number of aromatic nitrogens is 2. The van der Waals surface area contributed by atoms with Crippen LogP contribution in [-0.2, 0) is 19.1 Å². The molecule has 0 radical (unpaired) electrons. The zero-order chi connectivity index (χ0) is 14.6. The van der Waals surface area contributed by atoms with Crippen LogP contribution in [0.5, 0.6) is 0 Å². The normalized spacial score (nSPS) is 14.6. The van der Waals surface area contributed by atoms with Gasteiger partial charge in [0.05, 0.1) is 0 Å². The highest BCUT2D eigenvalue weighted by molar-refractivity contribution is 7.11. The van der Waals surface area contributed by atoms with Gasteiger partial charge in [0.15, 0.2) is 17.2 Å². The molecule has 0 aliphatic heterocycles. The molecule has 2 unspecified atom stereocenters. The van der Waals surface area contributed by atoms with Crippen LogP contribution in [0.4, 0.5) is 0 Å². The molecular formula is C11H17N3O4S. The molecular weight excluding hydrogens is 270 g/mol. The molecule has 0 aliphatic carbocycles. The third-order valence-corrected chi connectivity index (χ3v) is 3.16. The van der Waals surface area contributed by atoms with E-state index in [0.717, 1.165) is 11.3 Å². The summed E-state index contributed by atoms with van der Waals surface area (Å²) in [4.78, 5) is 22.0. The molecule has 0 bridgehead atoms. The first-order valence-electron chi connectivity index (χ1n) is 5.65. The van der Waals surface area contributed by atoms with E-state index in [1.54, 1.807) is 27.7 Å². The molecule has 1 rings (SSSR count). The van der Waals surface area contributed by atoms with Gasteiger partial charge in [0.2, 0.25) is 0 Å². The van der Waals surface area contributed by atoms with E-state index in [9.17, 15) is 9.59 Å². The standard InChI is InChI=1S/C11H17N3O4S/c1-6(17-5-15)8-13-14-9(19-8)7(12)10(16)18-11(2,3)4/h5-7H,12H2,1-4H3. The van der Waals surface area contributed by atoms with Gasteiger partial charge in [0, 0.05) is 0 Å². The van der Waals surface area contributed by atoms with Gasteiger partial charge in [-0.15, -0.1) is 10.2 Å². The van der Waals surface area contributed by atoms with E-state index in [0.29, 0.717) is 16.5 Å². The molecule has 2 atom stereocenters. The maximum atomic E-state index is 11.8. The Morgan fingerprint density at radius 3 is 2.47 bits per heavy atom. The highest BCUT2D eigenvalue weighted by Gasteiger charge is 2.27. The second kappa shape index (κ2) is 6.07. The number of esters is 1. The molecule has 0 fully saturated rings. The van der Waals surface area contributed by atoms with Gasteiger partial charge in [-0.25, -0.2) is 4.79 Å². The van der Waals surface area contributed by atoms with Crippen molar-refractivity contribution in [1.29, 1.82) is 0 Å². The first kappa shape index (κ1) is 15.5. The smallest absolute Gasteiger partial charge is 0.330 e. The van der Waals surface area contributed by atoms with Crippen LogP contribution in [0.1, 0.15) is 49.9 Å². The third-order valence-electron chi connectivity index (χ3n) is 1.99. The van der Waals surface area contributed by atoms with Crippen molar-refractivity contribution in [3.63, 3.8) is 0 Å². The molecule has 19 heavy (non-hydrogen) atoms. The molecule has 2 N–H and O–H groups in total. The van der Waals surface area contributed by atoms with E-state index in [1.165, 1.54) is 0 Å². The molecule has 0 aliphatic rings. The number of ether oxygens (including phenoxy) is 2. The zero-order valence-corrected chi connectivity index (χ0v) is 12.1. The molecule has 7 nitrogen and oxygen atoms in total. The Hall–Kier alpha value is -1.54. The van der Waals surface area contributed by atoms with Gasteiger partial charge >= 0.3 is 5.97 Å². The predicted octanol–water partition coefficient (Wildman–Crippen LogP) is 1.11. The summed E-state index contributed by atoms with van der Waals surface area (Å²) in [5.74, 6) is -0.570. The van der Waals surface area contributed by atoms with E-state index < -0.39 is 23.7 Å². The molecule has 0 saturated carbocycles. The van der Waals surface area contributed by atoms with Gasteiger partial charge < -0.3 is 15.2 Å². The Bertz CT molecular complexity index is 455. The SMILES string of the molecule is CC(OC=O)c1nnc(C(N)C(=O)OC(C)(C)C)s1. The number of nitrogens with zero attached hydrogens (tertiary/aromatic N) is 2. The quantitative estimate of drug-likeness (QED) is 0.639. The lowest BCUT2D eigenvalue weighted by molar-refractivity contribution is -0.156. The summed E-state index contributed by atoms with van der Waals surface area (Å²) in [6.07, 6.45) is -0.519. The highest BCUT2D eigenvalue weighted by Crippen LogP contribution is 2.24. The fraction of sp³-hybridized carbons (Fsp3) is 0.636. The molecule has 0 aromatic carbocycles. The monoisotopic (exact) mass is 287 g/mol. The van der Waals surface area contributed by atoms with E-state index in [-0.39, 0.29) is 0 Å². The van der Waals surface area contributed by atoms with Crippen LogP contribution in [0.15, 0.2) is 0 Å². The molecule has 1 aromatic rings. The molecule has 1 heterocycles. The van der Waals surface area contributed by atoms with Gasteiger partial charge in [-0.05, 0) is 27.7 Å². The summed E-state index contributed by atoms with van der Waals surface area (Å²) in [6, 6.07) is -0.992. The molecule has 0 saturated heterocycles. The average molecular weight is 287 g/mol. The lowest BCUT2D eigenvalue weighted by Crippen LogP contribution is -2.31. The maximum absolute atomic E-state index is 11.8. The summed E-state index contributed by atoms with van der Waals surface area (Å²) in [5, 5.41) is 8.45. The number of rotatable bonds is 5. The fourth-order valence-corrected chi connectivity index (χ4v) is 1.97. The van der Waals surface area contributed by atoms with Gasteiger partial charge in [0.25, 0.3) is 6.47 Å². The van der Waals surface area contributed by atoms with Crippen molar-refractivity contribution >= 4 is 23.8 Å². The number of hydrogen-bond acceptors (Lipinski definition) is 8. The van der Waals surface area contributed by atoms with Crippen molar-refractivity contribution in [2.75, 3.05) is 0 Å². The van der Waals surface area contributed by atoms with Crippen LogP contribution in [0.3, 0.4) is 0 Å². The van der Waals surface area contributed by atoms with Crippen molar-refractivity contribution in [1.82, 2.24) is 10.2 Å². The lowest BCUT2D eigenvalue weighted by Gasteiger charge is -2.21. The molecule has 106 valence electrons. The fourth-order valence-electron chi connectivity index (χ4n) is 1.14. The van der Waals surface area contributed by atoms with Crippen LogP contribution >= 0.6 is 11.3 Å². The second-order valence-corrected chi connectivity index (χ2v) is 5.90. The van der Waals surface area contributed by atoms with Crippen molar-refractivity contribution in [2.24, 2.45) is 5.73 Å². The summed E-state index contributed by atoms with van der Waals surface area (Å²) in [5.41, 5.74) is 5.14. The van der Waals surface area contributed by atoms with Gasteiger partial charge in [-0.3, -0.25) is 4.79 Å². The Labute approximate surface area is 115 Å². The molecule has 8 heteroatoms. The Morgan fingerprint density at radius 2 is 1.95 bits per heavy atom. The van der Waals surface area contributed by atoms with Crippen molar-refractivity contribution in [2.45, 2.75) is 45.4 Å². The number of hydrogen-bond donors (Lipinski definition) is 1. The van der Waals surface area contributed by atoms with Crippen LogP contribution in [-0.4, -0.2) is 28.2 Å². The molecule has 1 aromatic heterocycles. The summed E-state index contributed by atoms with van der Waals surface area (Å²) < 4.78 is 9.89. The van der Waals surface area contributed by atoms with E-state index >= 15 is 0 Å². The van der Waals surface area contributed by atoms with Crippen LogP contribution in [0.2, 0.25) is 0 Å². The first-order valence-corrected chi connectivity index (χ1v) is 6.47. The maximum Gasteiger partial charge on any atom is 0.330 e. The molecule has 0 spiro atoms. The first-order chi connectivity index (χ1) is 8.74. The Morgan fingerprint density at radius 1 is 1.37 bits per heavy atom. The largest absolute Gasteiger partial charge is 0.458 e. The molecule has 0 amide bonds. The Balaban J connectivity index is 2.75. The number of nitrogens with two attached hydrogens (primary N) is 1. The van der Waals surface area contributed by atoms with Crippen molar-refractivity contribution in [3.8, 4) is 0 Å². The predicted molar refractivity (Wildman–Crippen MR) is 68.2 cm³/mol. The van der Waals surface area contributed by atoms with Gasteiger partial charge in [-0.1, -0.05) is 11.3 Å². The van der Waals surface area contributed by atoms with Crippen LogP contribution in [0.25, 0.3) is 0 Å². The lowest BCUT2D eigenvalue weighted by atomic mass is 10.2. The summed E-state index contributed by atoms with van der Waals surface area (Å²) >= 11 is 1.11. The van der Waals surface area contributed by atoms with Gasteiger partial charge in [-0.2, -0.15) is 0 Å². The zero-order valence-electron chi connectivity index (χ0n) is 11.2. The topological polar surface area (TPSA) is 104 Å². The van der Waals surface area contributed by atoms with E-state index in [2.05, 4.69) is 10.2 Å². The minimum Gasteiger partial charge on any atom is -0.458 e. The van der Waals surface area contributed by atoms with Crippen LogP contribution < -0.4 is 5.73 Å². The minimum absolute atomic E-state index is 0.325. The third kappa shape index (κ3) is 4.56.